The van der Waals surface area contributed by atoms with Crippen molar-refractivity contribution < 1.29 is 0 Å². The summed E-state index contributed by atoms with van der Waals surface area (Å²) in [5.41, 5.74) is 11.8. The number of benzene rings is 1. The zero-order valence-electron chi connectivity index (χ0n) is 10.8. The van der Waals surface area contributed by atoms with E-state index in [1.54, 1.807) is 0 Å². The van der Waals surface area contributed by atoms with Crippen LogP contribution in [-0.4, -0.2) is 10.2 Å². The Kier molecular flexibility index (Phi) is 2.92. The van der Waals surface area contributed by atoms with Crippen molar-refractivity contribution in [1.82, 2.24) is 10.2 Å². The topological polar surface area (TPSA) is 54.7 Å². The second kappa shape index (κ2) is 4.24. The summed E-state index contributed by atoms with van der Waals surface area (Å²) in [7, 11) is 0. The highest BCUT2D eigenvalue weighted by Crippen LogP contribution is 2.33. The lowest BCUT2D eigenvalue weighted by molar-refractivity contribution is 0.873. The van der Waals surface area contributed by atoms with Crippen LogP contribution in [0, 0.1) is 13.8 Å². The van der Waals surface area contributed by atoms with E-state index in [0.29, 0.717) is 11.7 Å². The maximum atomic E-state index is 5.93. The molecule has 2 aromatic rings. The van der Waals surface area contributed by atoms with Crippen LogP contribution in [0.5, 0.6) is 0 Å². The lowest BCUT2D eigenvalue weighted by atomic mass is 9.94. The standard InChI is InChI=1S/C14H19N3/c1-8(2)12-13(16-17-14(12)15)11-7-5-6-9(3)10(11)4/h5-8H,1-4H3,(H3,15,16,17). The van der Waals surface area contributed by atoms with Crippen molar-refractivity contribution in [3.05, 3.63) is 34.9 Å². The molecule has 17 heavy (non-hydrogen) atoms. The van der Waals surface area contributed by atoms with Crippen LogP contribution in [0.15, 0.2) is 18.2 Å². The van der Waals surface area contributed by atoms with Gasteiger partial charge in [-0.05, 0) is 30.9 Å². The van der Waals surface area contributed by atoms with E-state index in [4.69, 9.17) is 5.73 Å². The van der Waals surface area contributed by atoms with Crippen LogP contribution in [0.25, 0.3) is 11.3 Å². The molecule has 0 aliphatic rings. The fourth-order valence-electron chi connectivity index (χ4n) is 2.18. The Labute approximate surface area is 102 Å². The Balaban J connectivity index is 2.65. The highest BCUT2D eigenvalue weighted by atomic mass is 15.2. The van der Waals surface area contributed by atoms with E-state index >= 15 is 0 Å². The molecule has 0 aliphatic carbocycles. The molecule has 0 spiro atoms. The number of aryl methyl sites for hydroxylation is 1. The summed E-state index contributed by atoms with van der Waals surface area (Å²) in [6, 6.07) is 6.30. The number of nitrogen functional groups attached to an aromatic ring is 1. The summed E-state index contributed by atoms with van der Waals surface area (Å²) < 4.78 is 0. The fraction of sp³-hybridized carbons (Fsp3) is 0.357. The van der Waals surface area contributed by atoms with Crippen LogP contribution < -0.4 is 5.73 Å². The molecule has 2 rings (SSSR count). The summed E-state index contributed by atoms with van der Waals surface area (Å²) in [6.07, 6.45) is 0. The maximum absolute atomic E-state index is 5.93. The minimum Gasteiger partial charge on any atom is -0.382 e. The number of hydrogen-bond donors (Lipinski definition) is 2. The van der Waals surface area contributed by atoms with Crippen molar-refractivity contribution in [2.24, 2.45) is 0 Å². The Morgan fingerprint density at radius 1 is 1.24 bits per heavy atom. The number of rotatable bonds is 2. The molecule has 3 N–H and O–H groups in total. The van der Waals surface area contributed by atoms with Crippen molar-refractivity contribution >= 4 is 5.82 Å². The van der Waals surface area contributed by atoms with Gasteiger partial charge in [-0.3, -0.25) is 5.10 Å². The molecule has 0 unspecified atom stereocenters. The first-order valence-corrected chi connectivity index (χ1v) is 5.92. The Morgan fingerprint density at radius 3 is 2.59 bits per heavy atom. The van der Waals surface area contributed by atoms with Gasteiger partial charge in [0.15, 0.2) is 0 Å². The number of H-pyrrole nitrogens is 1. The zero-order valence-corrected chi connectivity index (χ0v) is 10.8. The predicted octanol–water partition coefficient (Wildman–Crippen LogP) is 3.40. The lowest BCUT2D eigenvalue weighted by Crippen LogP contribution is -1.96. The molecule has 0 saturated carbocycles. The number of aromatic amines is 1. The molecule has 0 fully saturated rings. The molecule has 3 nitrogen and oxygen atoms in total. The minimum absolute atomic E-state index is 0.365. The minimum atomic E-state index is 0.365. The highest BCUT2D eigenvalue weighted by molar-refractivity contribution is 5.72. The molecule has 0 bridgehead atoms. The number of anilines is 1. The number of nitrogens with one attached hydrogen (secondary N) is 1. The normalized spacial score (nSPS) is 11.1. The highest BCUT2D eigenvalue weighted by Gasteiger charge is 2.17. The molecule has 1 aromatic carbocycles. The van der Waals surface area contributed by atoms with Gasteiger partial charge in [0, 0.05) is 11.1 Å². The van der Waals surface area contributed by atoms with Gasteiger partial charge in [-0.2, -0.15) is 5.10 Å². The molecule has 0 atom stereocenters. The molecular formula is C14H19N3. The summed E-state index contributed by atoms with van der Waals surface area (Å²) in [6.45, 7) is 8.52. The smallest absolute Gasteiger partial charge is 0.149 e. The van der Waals surface area contributed by atoms with Gasteiger partial charge in [0.25, 0.3) is 0 Å². The van der Waals surface area contributed by atoms with Crippen LogP contribution in [0.1, 0.15) is 36.5 Å². The Hall–Kier alpha value is -1.77. The average molecular weight is 229 g/mol. The molecule has 1 heterocycles. The van der Waals surface area contributed by atoms with E-state index < -0.39 is 0 Å². The van der Waals surface area contributed by atoms with Crippen molar-refractivity contribution in [2.75, 3.05) is 5.73 Å². The molecular weight excluding hydrogens is 210 g/mol. The van der Waals surface area contributed by atoms with Crippen molar-refractivity contribution in [2.45, 2.75) is 33.6 Å². The van der Waals surface area contributed by atoms with Crippen molar-refractivity contribution in [3.8, 4) is 11.3 Å². The SMILES string of the molecule is Cc1cccc(-c2[nH]nc(N)c2C(C)C)c1C. The van der Waals surface area contributed by atoms with E-state index in [9.17, 15) is 0 Å². The second-order valence-corrected chi connectivity index (χ2v) is 4.80. The van der Waals surface area contributed by atoms with Crippen LogP contribution in [0.2, 0.25) is 0 Å². The van der Waals surface area contributed by atoms with Gasteiger partial charge in [-0.25, -0.2) is 0 Å². The number of nitrogens with two attached hydrogens (primary N) is 1. The van der Waals surface area contributed by atoms with E-state index in [0.717, 1.165) is 11.3 Å². The van der Waals surface area contributed by atoms with E-state index in [1.807, 2.05) is 0 Å². The first-order valence-electron chi connectivity index (χ1n) is 5.92. The number of hydrogen-bond acceptors (Lipinski definition) is 2. The van der Waals surface area contributed by atoms with Crippen molar-refractivity contribution in [1.29, 1.82) is 0 Å². The molecule has 0 amide bonds. The zero-order chi connectivity index (χ0) is 12.6. The summed E-state index contributed by atoms with van der Waals surface area (Å²) >= 11 is 0. The average Bonchev–Trinajstić information content (AvgIpc) is 2.64. The molecule has 0 radical (unpaired) electrons. The molecule has 90 valence electrons. The number of nitrogens with zero attached hydrogens (tertiary/aromatic N) is 1. The Morgan fingerprint density at radius 2 is 1.94 bits per heavy atom. The van der Waals surface area contributed by atoms with Gasteiger partial charge in [-0.15, -0.1) is 0 Å². The summed E-state index contributed by atoms with van der Waals surface area (Å²) in [5.74, 6) is 0.972. The van der Waals surface area contributed by atoms with Gasteiger partial charge in [0.1, 0.15) is 5.82 Å². The van der Waals surface area contributed by atoms with Gasteiger partial charge < -0.3 is 5.73 Å². The first-order chi connectivity index (χ1) is 8.02. The van der Waals surface area contributed by atoms with Gasteiger partial charge in [0.05, 0.1) is 5.69 Å². The third kappa shape index (κ3) is 1.93. The summed E-state index contributed by atoms with van der Waals surface area (Å²) in [4.78, 5) is 0. The second-order valence-electron chi connectivity index (χ2n) is 4.80. The quantitative estimate of drug-likeness (QED) is 0.829. The largest absolute Gasteiger partial charge is 0.382 e. The molecule has 3 heteroatoms. The fourth-order valence-corrected chi connectivity index (χ4v) is 2.18. The first kappa shape index (κ1) is 11.7. The molecule has 0 saturated heterocycles. The third-order valence-corrected chi connectivity index (χ3v) is 3.28. The van der Waals surface area contributed by atoms with Gasteiger partial charge in [0.2, 0.25) is 0 Å². The lowest BCUT2D eigenvalue weighted by Gasteiger charge is -2.11. The maximum Gasteiger partial charge on any atom is 0.149 e. The summed E-state index contributed by atoms with van der Waals surface area (Å²) in [5, 5.41) is 7.20. The van der Waals surface area contributed by atoms with E-state index in [1.165, 1.54) is 16.7 Å². The third-order valence-electron chi connectivity index (χ3n) is 3.28. The van der Waals surface area contributed by atoms with Crippen molar-refractivity contribution in [3.63, 3.8) is 0 Å². The van der Waals surface area contributed by atoms with Crippen LogP contribution >= 0.6 is 0 Å². The monoisotopic (exact) mass is 229 g/mol. The van der Waals surface area contributed by atoms with Gasteiger partial charge in [-0.1, -0.05) is 32.0 Å². The molecule has 0 aliphatic heterocycles. The van der Waals surface area contributed by atoms with E-state index in [-0.39, 0.29) is 0 Å². The number of aromatic nitrogens is 2. The molecule has 1 aromatic heterocycles. The van der Waals surface area contributed by atoms with Crippen LogP contribution in [0.4, 0.5) is 5.82 Å². The predicted molar refractivity (Wildman–Crippen MR) is 72.0 cm³/mol. The van der Waals surface area contributed by atoms with Crippen LogP contribution in [0.3, 0.4) is 0 Å². The van der Waals surface area contributed by atoms with Crippen LogP contribution in [-0.2, 0) is 0 Å². The Bertz CT molecular complexity index is 538. The van der Waals surface area contributed by atoms with E-state index in [2.05, 4.69) is 56.1 Å². The van der Waals surface area contributed by atoms with Gasteiger partial charge >= 0.3 is 0 Å².